The maximum atomic E-state index is 13.6. The van der Waals surface area contributed by atoms with Crippen LogP contribution in [0.25, 0.3) is 0 Å². The van der Waals surface area contributed by atoms with E-state index in [-0.39, 0.29) is 18.3 Å². The molecule has 1 amide bonds. The minimum atomic E-state index is -0.324. The maximum Gasteiger partial charge on any atom is 0.260 e. The van der Waals surface area contributed by atoms with Crippen molar-refractivity contribution in [3.63, 3.8) is 0 Å². The molecule has 0 spiro atoms. The lowest BCUT2D eigenvalue weighted by molar-refractivity contribution is -0.133. The summed E-state index contributed by atoms with van der Waals surface area (Å²) in [5.74, 6) is 1.29. The normalized spacial score (nSPS) is 20.6. The average Bonchev–Trinajstić information content (AvgIpc) is 3.33. The Balaban J connectivity index is 1.19. The van der Waals surface area contributed by atoms with Crippen molar-refractivity contribution in [2.75, 3.05) is 46.4 Å². The zero-order chi connectivity index (χ0) is 23.0. The van der Waals surface area contributed by atoms with E-state index in [1.807, 2.05) is 23.1 Å². The molecule has 0 unspecified atom stereocenters. The van der Waals surface area contributed by atoms with Crippen LogP contribution in [0.2, 0.25) is 0 Å². The van der Waals surface area contributed by atoms with Gasteiger partial charge in [0.25, 0.3) is 5.91 Å². The standard InChI is InChI=1S/C26H34FN3O3/c1-32-25-16-19(2-9-24(25)27)10-11-29-22-6-3-21(17-22)20-4-7-23(8-5-20)33-18-26(31)30-14-12-28-13-15-30/h2,4-5,7-9,16,21-22,28-29H,3,6,10-15,17-18H2,1H3/t21-,22+/m1/s1. The monoisotopic (exact) mass is 455 g/mol. The Bertz CT molecular complexity index is 915. The molecule has 2 atom stereocenters. The first kappa shape index (κ1) is 23.5. The number of methoxy groups -OCH3 is 1. The molecular weight excluding hydrogens is 421 g/mol. The largest absolute Gasteiger partial charge is 0.494 e. The van der Waals surface area contributed by atoms with Crippen LogP contribution in [0, 0.1) is 5.82 Å². The highest BCUT2D eigenvalue weighted by atomic mass is 19.1. The van der Waals surface area contributed by atoms with Gasteiger partial charge in [-0.25, -0.2) is 4.39 Å². The zero-order valence-electron chi connectivity index (χ0n) is 19.3. The van der Waals surface area contributed by atoms with E-state index < -0.39 is 0 Å². The van der Waals surface area contributed by atoms with Crippen LogP contribution in [0.15, 0.2) is 42.5 Å². The fraction of sp³-hybridized carbons (Fsp3) is 0.500. The van der Waals surface area contributed by atoms with Gasteiger partial charge in [-0.15, -0.1) is 0 Å². The fourth-order valence-corrected chi connectivity index (χ4v) is 4.74. The third kappa shape index (κ3) is 6.45. The van der Waals surface area contributed by atoms with E-state index in [0.29, 0.717) is 17.7 Å². The van der Waals surface area contributed by atoms with Gasteiger partial charge < -0.3 is 25.0 Å². The van der Waals surface area contributed by atoms with Crippen molar-refractivity contribution in [1.82, 2.24) is 15.5 Å². The average molecular weight is 456 g/mol. The molecule has 33 heavy (non-hydrogen) atoms. The number of nitrogens with zero attached hydrogens (tertiary/aromatic N) is 1. The lowest BCUT2D eigenvalue weighted by Gasteiger charge is -2.27. The van der Waals surface area contributed by atoms with Crippen molar-refractivity contribution in [1.29, 1.82) is 0 Å². The van der Waals surface area contributed by atoms with Crippen LogP contribution >= 0.6 is 0 Å². The molecule has 4 rings (SSSR count). The van der Waals surface area contributed by atoms with E-state index in [2.05, 4.69) is 22.8 Å². The van der Waals surface area contributed by atoms with E-state index in [4.69, 9.17) is 9.47 Å². The topological polar surface area (TPSA) is 62.8 Å². The Hall–Kier alpha value is -2.64. The summed E-state index contributed by atoms with van der Waals surface area (Å²) < 4.78 is 24.3. The number of carbonyl (C=O) groups excluding carboxylic acids is 1. The molecule has 178 valence electrons. The first-order valence-electron chi connectivity index (χ1n) is 11.9. The first-order chi connectivity index (χ1) is 16.1. The molecule has 2 N–H and O–H groups in total. The second kappa shape index (κ2) is 11.5. The van der Waals surface area contributed by atoms with Gasteiger partial charge in [-0.1, -0.05) is 18.2 Å². The molecule has 1 saturated carbocycles. The number of ether oxygens (including phenoxy) is 2. The highest BCUT2D eigenvalue weighted by Crippen LogP contribution is 2.35. The van der Waals surface area contributed by atoms with Gasteiger partial charge in [0.2, 0.25) is 0 Å². The highest BCUT2D eigenvalue weighted by molar-refractivity contribution is 5.77. The van der Waals surface area contributed by atoms with Crippen LogP contribution < -0.4 is 20.1 Å². The third-order valence-electron chi connectivity index (χ3n) is 6.68. The van der Waals surface area contributed by atoms with Crippen molar-refractivity contribution in [3.8, 4) is 11.5 Å². The smallest absolute Gasteiger partial charge is 0.260 e. The Morgan fingerprint density at radius 3 is 2.70 bits per heavy atom. The van der Waals surface area contributed by atoms with Crippen molar-refractivity contribution in [2.45, 2.75) is 37.6 Å². The molecule has 2 aliphatic rings. The summed E-state index contributed by atoms with van der Waals surface area (Å²) in [5.41, 5.74) is 2.39. The van der Waals surface area contributed by atoms with E-state index in [0.717, 1.165) is 69.7 Å². The number of halogens is 1. The van der Waals surface area contributed by atoms with Gasteiger partial charge in [0.1, 0.15) is 5.75 Å². The predicted octanol–water partition coefficient (Wildman–Crippen LogP) is 3.11. The highest BCUT2D eigenvalue weighted by Gasteiger charge is 2.25. The van der Waals surface area contributed by atoms with Crippen LogP contribution in [-0.2, 0) is 11.2 Å². The summed E-state index contributed by atoms with van der Waals surface area (Å²) >= 11 is 0. The summed E-state index contributed by atoms with van der Waals surface area (Å²) in [5, 5.41) is 6.90. The summed E-state index contributed by atoms with van der Waals surface area (Å²) in [6, 6.07) is 13.8. The number of carbonyl (C=O) groups is 1. The molecule has 1 heterocycles. The minimum Gasteiger partial charge on any atom is -0.494 e. The molecule has 1 saturated heterocycles. The van der Waals surface area contributed by atoms with Crippen LogP contribution in [0.5, 0.6) is 11.5 Å². The Morgan fingerprint density at radius 2 is 1.94 bits per heavy atom. The van der Waals surface area contributed by atoms with Gasteiger partial charge in [-0.3, -0.25) is 4.79 Å². The summed E-state index contributed by atoms with van der Waals surface area (Å²) in [6.45, 7) is 4.14. The first-order valence-corrected chi connectivity index (χ1v) is 11.9. The quantitative estimate of drug-likeness (QED) is 0.609. The SMILES string of the molecule is COc1cc(CCN[C@H]2CC[C@@H](c3ccc(OCC(=O)N4CCNCC4)cc3)C2)ccc1F. The molecule has 1 aliphatic heterocycles. The van der Waals surface area contributed by atoms with Crippen molar-refractivity contribution in [2.24, 2.45) is 0 Å². The molecular formula is C26H34FN3O3. The van der Waals surface area contributed by atoms with Gasteiger partial charge in [-0.05, 0) is 73.5 Å². The minimum absolute atomic E-state index is 0.0457. The maximum absolute atomic E-state index is 13.6. The molecule has 2 aromatic rings. The Morgan fingerprint density at radius 1 is 1.15 bits per heavy atom. The van der Waals surface area contributed by atoms with Crippen molar-refractivity contribution >= 4 is 5.91 Å². The number of piperazine rings is 1. The Labute approximate surface area is 195 Å². The second-order valence-corrected chi connectivity index (χ2v) is 8.87. The molecule has 6 nitrogen and oxygen atoms in total. The molecule has 7 heteroatoms. The van der Waals surface area contributed by atoms with Gasteiger partial charge in [0.15, 0.2) is 18.2 Å². The van der Waals surface area contributed by atoms with Gasteiger partial charge in [0.05, 0.1) is 7.11 Å². The second-order valence-electron chi connectivity index (χ2n) is 8.87. The van der Waals surface area contributed by atoms with Gasteiger partial charge in [0, 0.05) is 32.2 Å². The number of amides is 1. The zero-order valence-corrected chi connectivity index (χ0v) is 19.3. The van der Waals surface area contributed by atoms with Crippen molar-refractivity contribution in [3.05, 3.63) is 59.4 Å². The van der Waals surface area contributed by atoms with Crippen LogP contribution in [0.4, 0.5) is 4.39 Å². The molecule has 2 fully saturated rings. The van der Waals surface area contributed by atoms with Crippen LogP contribution in [0.3, 0.4) is 0 Å². The molecule has 0 aromatic heterocycles. The van der Waals surface area contributed by atoms with E-state index in [1.165, 1.54) is 18.7 Å². The van der Waals surface area contributed by atoms with E-state index >= 15 is 0 Å². The Kier molecular flexibility index (Phi) is 8.18. The third-order valence-corrected chi connectivity index (χ3v) is 6.68. The summed E-state index contributed by atoms with van der Waals surface area (Å²) in [6.07, 6.45) is 4.25. The van der Waals surface area contributed by atoms with Crippen LogP contribution in [-0.4, -0.2) is 63.3 Å². The van der Waals surface area contributed by atoms with Gasteiger partial charge in [-0.2, -0.15) is 0 Å². The summed E-state index contributed by atoms with van der Waals surface area (Å²) in [4.78, 5) is 14.1. The molecule has 2 aromatic carbocycles. The molecule has 0 radical (unpaired) electrons. The number of hydrogen-bond donors (Lipinski definition) is 2. The van der Waals surface area contributed by atoms with Crippen LogP contribution in [0.1, 0.15) is 36.3 Å². The predicted molar refractivity (Wildman–Crippen MR) is 126 cm³/mol. The molecule has 1 aliphatic carbocycles. The fourth-order valence-electron chi connectivity index (χ4n) is 4.74. The number of hydrogen-bond acceptors (Lipinski definition) is 5. The van der Waals surface area contributed by atoms with E-state index in [1.54, 1.807) is 6.07 Å². The van der Waals surface area contributed by atoms with E-state index in [9.17, 15) is 9.18 Å². The number of benzene rings is 2. The molecule has 0 bridgehead atoms. The summed E-state index contributed by atoms with van der Waals surface area (Å²) in [7, 11) is 1.49. The lowest BCUT2D eigenvalue weighted by atomic mass is 9.97. The van der Waals surface area contributed by atoms with Crippen molar-refractivity contribution < 1.29 is 18.7 Å². The van der Waals surface area contributed by atoms with Gasteiger partial charge >= 0.3 is 0 Å². The number of rotatable bonds is 9. The lowest BCUT2D eigenvalue weighted by Crippen LogP contribution is -2.47. The number of nitrogens with one attached hydrogen (secondary N) is 2.